The second-order valence-electron chi connectivity index (χ2n) is 19.0. The molecule has 5 aromatic carbocycles. The van der Waals surface area contributed by atoms with Crippen molar-refractivity contribution in [3.05, 3.63) is 148 Å². The highest BCUT2D eigenvalue weighted by Gasteiger charge is 2.54. The molecule has 0 unspecified atom stereocenters. The van der Waals surface area contributed by atoms with E-state index in [0.29, 0.717) is 102 Å². The molecule has 0 bridgehead atoms. The first-order chi connectivity index (χ1) is 34.5. The van der Waals surface area contributed by atoms with Gasteiger partial charge in [0.25, 0.3) is 11.8 Å². The van der Waals surface area contributed by atoms with Gasteiger partial charge in [0.15, 0.2) is 5.60 Å². The molecule has 1 aromatic heterocycles. The van der Waals surface area contributed by atoms with Gasteiger partial charge in [-0.3, -0.25) is 19.2 Å². The number of nitrogens with two attached hydrogens (primary N) is 2. The summed E-state index contributed by atoms with van der Waals surface area (Å²) in [4.78, 5) is 69.4. The van der Waals surface area contributed by atoms with Crippen molar-refractivity contribution in [2.24, 2.45) is 5.92 Å². The van der Waals surface area contributed by atoms with Gasteiger partial charge in [-0.15, -0.1) is 0 Å². The SMILES string of the molecule is CCc1cccc(N(CC)C(=O)Cn2c(C(=O)NC3CCC(C(=O)NCCCCCCCCNC(=O)c4ccc5c(c4)C4(OC5=O)c5ccc(N)cc5Oc5cc(N)ccc54)CC3)cc3ccccc32)c1. The number of esters is 1. The molecule has 1 spiro atoms. The highest BCUT2D eigenvalue weighted by molar-refractivity contribution is 6.02. The molecule has 1 aliphatic carbocycles. The van der Waals surface area contributed by atoms with E-state index >= 15 is 0 Å². The zero-order valence-corrected chi connectivity index (χ0v) is 40.6. The summed E-state index contributed by atoms with van der Waals surface area (Å²) in [6.45, 7) is 5.73. The number of nitrogens with zero attached hydrogens (tertiary/aromatic N) is 2. The second-order valence-corrected chi connectivity index (χ2v) is 19.0. The summed E-state index contributed by atoms with van der Waals surface area (Å²) in [6.07, 6.45) is 9.36. The molecule has 2 aliphatic heterocycles. The monoisotopic (exact) mass is 957 g/mol. The quantitative estimate of drug-likeness (QED) is 0.0317. The minimum atomic E-state index is -1.34. The summed E-state index contributed by atoms with van der Waals surface area (Å²) in [6, 6.07) is 33.0. The van der Waals surface area contributed by atoms with Gasteiger partial charge in [-0.1, -0.05) is 62.9 Å². The first-order valence-electron chi connectivity index (χ1n) is 25.2. The molecule has 1 fully saturated rings. The summed E-state index contributed by atoms with van der Waals surface area (Å²) in [5.41, 5.74) is 17.7. The largest absolute Gasteiger partial charge is 0.456 e. The number of nitrogen functional groups attached to an aromatic ring is 2. The first-order valence-corrected chi connectivity index (χ1v) is 25.2. The third kappa shape index (κ3) is 10.1. The summed E-state index contributed by atoms with van der Waals surface area (Å²) in [5.74, 6) is -0.160. The third-order valence-corrected chi connectivity index (χ3v) is 14.3. The molecule has 14 heteroatoms. The zero-order valence-electron chi connectivity index (χ0n) is 40.6. The molecule has 0 saturated heterocycles. The summed E-state index contributed by atoms with van der Waals surface area (Å²) < 4.78 is 14.2. The molecule has 71 heavy (non-hydrogen) atoms. The van der Waals surface area contributed by atoms with Gasteiger partial charge in [0.05, 0.1) is 5.56 Å². The van der Waals surface area contributed by atoms with Crippen LogP contribution in [0.15, 0.2) is 109 Å². The number of benzene rings is 5. The number of anilines is 3. The van der Waals surface area contributed by atoms with Crippen LogP contribution in [0, 0.1) is 5.92 Å². The Morgan fingerprint density at radius 3 is 2.07 bits per heavy atom. The predicted molar refractivity (Wildman–Crippen MR) is 276 cm³/mol. The minimum Gasteiger partial charge on any atom is -0.456 e. The number of carbonyl (C=O) groups is 5. The lowest BCUT2D eigenvalue weighted by Crippen LogP contribution is -2.42. The van der Waals surface area contributed by atoms with Crippen LogP contribution in [0.25, 0.3) is 10.9 Å². The van der Waals surface area contributed by atoms with Crippen molar-refractivity contribution in [1.29, 1.82) is 0 Å². The number of nitrogens with one attached hydrogen (secondary N) is 3. The molecular formula is C57H63N7O7. The average Bonchev–Trinajstić information content (AvgIpc) is 3.88. The lowest BCUT2D eigenvalue weighted by Gasteiger charge is -2.36. The first kappa shape index (κ1) is 48.4. The van der Waals surface area contributed by atoms with Crippen LogP contribution < -0.4 is 37.1 Å². The number of aryl methyl sites for hydroxylation is 1. The van der Waals surface area contributed by atoms with E-state index in [1.165, 1.54) is 0 Å². The van der Waals surface area contributed by atoms with Gasteiger partial charge in [-0.25, -0.2) is 4.79 Å². The molecule has 368 valence electrons. The molecule has 3 heterocycles. The normalized spacial score (nSPS) is 16.3. The van der Waals surface area contributed by atoms with E-state index in [1.807, 2.05) is 60.0 Å². The summed E-state index contributed by atoms with van der Waals surface area (Å²) in [5, 5.41) is 10.3. The van der Waals surface area contributed by atoms with Gasteiger partial charge in [0.2, 0.25) is 11.8 Å². The van der Waals surface area contributed by atoms with Crippen molar-refractivity contribution < 1.29 is 33.4 Å². The van der Waals surface area contributed by atoms with Crippen LogP contribution in [0.4, 0.5) is 17.1 Å². The number of ether oxygens (including phenoxy) is 2. The van der Waals surface area contributed by atoms with Gasteiger partial charge < -0.3 is 46.4 Å². The average molecular weight is 958 g/mol. The van der Waals surface area contributed by atoms with Gasteiger partial charge in [-0.05, 0) is 124 Å². The molecule has 7 N–H and O–H groups in total. The van der Waals surface area contributed by atoms with E-state index in [0.717, 1.165) is 67.1 Å². The number of amides is 4. The topological polar surface area (TPSA) is 200 Å². The van der Waals surface area contributed by atoms with Crippen LogP contribution in [0.2, 0.25) is 0 Å². The number of carbonyl (C=O) groups excluding carboxylic acids is 5. The molecule has 0 atom stereocenters. The zero-order chi connectivity index (χ0) is 49.6. The van der Waals surface area contributed by atoms with Crippen LogP contribution in [0.5, 0.6) is 11.5 Å². The van der Waals surface area contributed by atoms with E-state index in [-0.39, 0.29) is 42.1 Å². The standard InChI is InChI=1S/C57H63N7O7/c1-3-36-14-13-16-43(30-36)63(4-2)52(65)35-64-48-17-10-9-15-38(48)32-49(64)55(68)62-42-23-18-37(19-24-42)53(66)60-28-11-7-5-6-8-12-29-61-54(67)39-20-25-44-47(31-39)57(71-56(44)69)45-26-21-40(58)33-50(45)70-51-34-41(59)22-27-46(51)57/h9-10,13-17,20-22,25-27,30-34,37,42H,3-8,11-12,18-19,23-24,28-29,35,58-59H2,1-2H3,(H,60,66)(H,61,67)(H,62,68). The Balaban J connectivity index is 0.684. The van der Waals surface area contributed by atoms with Gasteiger partial charge in [0, 0.05) is 93.9 Å². The van der Waals surface area contributed by atoms with Crippen LogP contribution in [0.3, 0.4) is 0 Å². The lowest BCUT2D eigenvalue weighted by molar-refractivity contribution is -0.126. The highest BCUT2D eigenvalue weighted by atomic mass is 16.6. The van der Waals surface area contributed by atoms with Crippen molar-refractivity contribution in [2.45, 2.75) is 103 Å². The van der Waals surface area contributed by atoms with Crippen LogP contribution >= 0.6 is 0 Å². The van der Waals surface area contributed by atoms with Crippen molar-refractivity contribution in [2.75, 3.05) is 36.0 Å². The van der Waals surface area contributed by atoms with E-state index in [1.54, 1.807) is 59.5 Å². The maximum Gasteiger partial charge on any atom is 0.340 e. The third-order valence-electron chi connectivity index (χ3n) is 14.3. The summed E-state index contributed by atoms with van der Waals surface area (Å²) in [7, 11) is 0. The Morgan fingerprint density at radius 1 is 0.704 bits per heavy atom. The van der Waals surface area contributed by atoms with Crippen molar-refractivity contribution >= 4 is 57.6 Å². The molecule has 14 nitrogen and oxygen atoms in total. The lowest BCUT2D eigenvalue weighted by atomic mass is 9.77. The number of hydrogen-bond donors (Lipinski definition) is 5. The number of rotatable bonds is 18. The Morgan fingerprint density at radius 2 is 1.38 bits per heavy atom. The smallest absolute Gasteiger partial charge is 0.340 e. The second kappa shape index (κ2) is 21.2. The molecule has 3 aliphatic rings. The van der Waals surface area contributed by atoms with Gasteiger partial charge >= 0.3 is 5.97 Å². The summed E-state index contributed by atoms with van der Waals surface area (Å²) >= 11 is 0. The number of unbranched alkanes of at least 4 members (excludes halogenated alkanes) is 5. The Hall–Kier alpha value is -7.61. The Bertz CT molecular complexity index is 2940. The number of para-hydroxylation sites is 1. The molecule has 4 amide bonds. The highest BCUT2D eigenvalue weighted by Crippen LogP contribution is 2.56. The molecular weight excluding hydrogens is 895 g/mol. The number of fused-ring (bicyclic) bond motifs is 7. The van der Waals surface area contributed by atoms with Crippen molar-refractivity contribution in [3.8, 4) is 11.5 Å². The number of aromatic nitrogens is 1. The van der Waals surface area contributed by atoms with Crippen molar-refractivity contribution in [3.63, 3.8) is 0 Å². The van der Waals surface area contributed by atoms with Crippen LogP contribution in [0.1, 0.15) is 132 Å². The van der Waals surface area contributed by atoms with Crippen LogP contribution in [-0.2, 0) is 32.9 Å². The molecule has 6 aromatic rings. The van der Waals surface area contributed by atoms with Crippen LogP contribution in [-0.4, -0.2) is 59.8 Å². The van der Waals surface area contributed by atoms with Crippen molar-refractivity contribution in [1.82, 2.24) is 20.5 Å². The maximum absolute atomic E-state index is 13.9. The predicted octanol–water partition coefficient (Wildman–Crippen LogP) is 9.16. The number of hydrogen-bond acceptors (Lipinski definition) is 9. The van der Waals surface area contributed by atoms with Gasteiger partial charge in [0.1, 0.15) is 23.7 Å². The molecule has 9 rings (SSSR count). The van der Waals surface area contributed by atoms with E-state index in [9.17, 15) is 24.0 Å². The van der Waals surface area contributed by atoms with E-state index in [4.69, 9.17) is 20.9 Å². The fourth-order valence-electron chi connectivity index (χ4n) is 10.5. The Labute approximate surface area is 414 Å². The fourth-order valence-corrected chi connectivity index (χ4v) is 10.5. The molecule has 1 saturated carbocycles. The fraction of sp³-hybridized carbons (Fsp3) is 0.351. The maximum atomic E-state index is 13.9. The number of likely N-dealkylation sites (N-methyl/N-ethyl adjacent to an activating group) is 1. The van der Waals surface area contributed by atoms with E-state index < -0.39 is 11.6 Å². The minimum absolute atomic E-state index is 0.0351. The van der Waals surface area contributed by atoms with E-state index in [2.05, 4.69) is 28.9 Å². The Kier molecular flexibility index (Phi) is 14.4. The van der Waals surface area contributed by atoms with Gasteiger partial charge in [-0.2, -0.15) is 0 Å². The molecule has 0 radical (unpaired) electrons.